The summed E-state index contributed by atoms with van der Waals surface area (Å²) in [5.74, 6) is -0.495. The topological polar surface area (TPSA) is 89.3 Å². The number of nitrogens with zero attached hydrogens (tertiary/aromatic N) is 1. The Morgan fingerprint density at radius 1 is 1.21 bits per heavy atom. The number of hydrogen-bond acceptors (Lipinski definition) is 4. The van der Waals surface area contributed by atoms with Crippen molar-refractivity contribution in [2.45, 2.75) is 6.92 Å². The van der Waals surface area contributed by atoms with Gasteiger partial charge in [-0.1, -0.05) is 24.3 Å². The van der Waals surface area contributed by atoms with Gasteiger partial charge in [-0.15, -0.1) is 0 Å². The molecule has 1 amide bonds. The molecule has 0 saturated carbocycles. The van der Waals surface area contributed by atoms with Crippen LogP contribution >= 0.6 is 15.9 Å². The Morgan fingerprint density at radius 2 is 1.96 bits per heavy atom. The first kappa shape index (κ1) is 17.6. The van der Waals surface area contributed by atoms with Gasteiger partial charge >= 0.3 is 0 Å². The van der Waals surface area contributed by atoms with Gasteiger partial charge in [0.25, 0.3) is 5.69 Å². The van der Waals surface area contributed by atoms with E-state index in [9.17, 15) is 19.7 Å². The first-order valence-corrected chi connectivity index (χ1v) is 7.70. The van der Waals surface area contributed by atoms with Gasteiger partial charge in [-0.05, 0) is 45.8 Å². The number of anilines is 1. The van der Waals surface area contributed by atoms with Crippen LogP contribution in [0, 0.1) is 10.1 Å². The molecule has 122 valence electrons. The molecule has 2 aromatic carbocycles. The summed E-state index contributed by atoms with van der Waals surface area (Å²) in [7, 11) is 0. The number of halogens is 1. The Kier molecular flexibility index (Phi) is 5.59. The summed E-state index contributed by atoms with van der Waals surface area (Å²) in [6, 6.07) is 11.1. The van der Waals surface area contributed by atoms with Gasteiger partial charge in [0.15, 0.2) is 5.78 Å². The normalized spacial score (nSPS) is 10.6. The molecule has 7 heteroatoms. The van der Waals surface area contributed by atoms with Crippen molar-refractivity contribution >= 4 is 45.1 Å². The smallest absolute Gasteiger partial charge is 0.284 e. The maximum atomic E-state index is 12.2. The molecule has 0 spiro atoms. The van der Waals surface area contributed by atoms with Gasteiger partial charge < -0.3 is 5.32 Å². The Balaban J connectivity index is 2.20. The van der Waals surface area contributed by atoms with Crippen LogP contribution in [0.4, 0.5) is 11.4 Å². The molecule has 0 fully saturated rings. The lowest BCUT2D eigenvalue weighted by Gasteiger charge is -2.03. The molecular formula is C17H13BrN2O4. The molecule has 2 aromatic rings. The fraction of sp³-hybridized carbons (Fsp3) is 0.0588. The van der Waals surface area contributed by atoms with Crippen LogP contribution in [0.15, 0.2) is 53.0 Å². The van der Waals surface area contributed by atoms with Crippen LogP contribution in [-0.4, -0.2) is 16.6 Å². The lowest BCUT2D eigenvalue weighted by Crippen LogP contribution is -2.06. The molecule has 0 aliphatic rings. The highest BCUT2D eigenvalue weighted by molar-refractivity contribution is 9.10. The molecule has 0 aromatic heterocycles. The zero-order chi connectivity index (χ0) is 17.7. The van der Waals surface area contributed by atoms with E-state index in [4.69, 9.17) is 0 Å². The van der Waals surface area contributed by atoms with Crippen LogP contribution < -0.4 is 5.32 Å². The largest absolute Gasteiger partial charge is 0.326 e. The molecule has 0 atom stereocenters. The van der Waals surface area contributed by atoms with E-state index in [-0.39, 0.29) is 17.4 Å². The van der Waals surface area contributed by atoms with E-state index in [0.29, 0.717) is 21.3 Å². The first-order valence-electron chi connectivity index (χ1n) is 6.91. The number of hydrogen-bond donors (Lipinski definition) is 1. The molecule has 0 heterocycles. The monoisotopic (exact) mass is 388 g/mol. The van der Waals surface area contributed by atoms with Gasteiger partial charge in [0, 0.05) is 24.2 Å². The molecule has 0 aliphatic carbocycles. The molecule has 2 rings (SSSR count). The molecule has 0 radical (unpaired) electrons. The highest BCUT2D eigenvalue weighted by atomic mass is 79.9. The molecule has 0 saturated heterocycles. The third-order valence-corrected chi connectivity index (χ3v) is 3.73. The van der Waals surface area contributed by atoms with E-state index >= 15 is 0 Å². The first-order chi connectivity index (χ1) is 11.4. The summed E-state index contributed by atoms with van der Waals surface area (Å²) in [6.45, 7) is 1.38. The van der Waals surface area contributed by atoms with E-state index in [0.717, 1.165) is 0 Å². The number of ketones is 1. The maximum absolute atomic E-state index is 12.2. The summed E-state index contributed by atoms with van der Waals surface area (Å²) in [5.41, 5.74) is 1.40. The SMILES string of the molecule is CC(=O)Nc1cccc(C(=O)/C=C/c2ccc(Br)c([N+](=O)[O-])c2)c1. The number of nitro groups is 1. The molecule has 0 bridgehead atoms. The third-order valence-electron chi connectivity index (χ3n) is 3.06. The van der Waals surface area contributed by atoms with Crippen LogP contribution in [0.5, 0.6) is 0 Å². The van der Waals surface area contributed by atoms with Crippen molar-refractivity contribution in [2.75, 3.05) is 5.32 Å². The lowest BCUT2D eigenvalue weighted by molar-refractivity contribution is -0.385. The molecular weight excluding hydrogens is 376 g/mol. The second-order valence-electron chi connectivity index (χ2n) is 4.93. The fourth-order valence-corrected chi connectivity index (χ4v) is 2.39. The van der Waals surface area contributed by atoms with Crippen LogP contribution in [0.25, 0.3) is 6.08 Å². The Labute approximate surface area is 146 Å². The van der Waals surface area contributed by atoms with Gasteiger partial charge in [0.2, 0.25) is 5.91 Å². The Hall–Kier alpha value is -2.80. The van der Waals surface area contributed by atoms with Crippen LogP contribution in [0.2, 0.25) is 0 Å². The van der Waals surface area contributed by atoms with Crippen molar-refractivity contribution in [1.29, 1.82) is 0 Å². The van der Waals surface area contributed by atoms with Crippen molar-refractivity contribution in [2.24, 2.45) is 0 Å². The predicted molar refractivity (Wildman–Crippen MR) is 94.9 cm³/mol. The number of allylic oxidation sites excluding steroid dienone is 1. The maximum Gasteiger partial charge on any atom is 0.284 e. The third kappa shape index (κ3) is 4.60. The van der Waals surface area contributed by atoms with Gasteiger partial charge in [-0.25, -0.2) is 0 Å². The molecule has 1 N–H and O–H groups in total. The second kappa shape index (κ2) is 7.65. The van der Waals surface area contributed by atoms with E-state index in [1.54, 1.807) is 36.4 Å². The second-order valence-corrected chi connectivity index (χ2v) is 5.78. The molecule has 24 heavy (non-hydrogen) atoms. The van der Waals surface area contributed by atoms with E-state index in [1.165, 1.54) is 25.1 Å². The zero-order valence-corrected chi connectivity index (χ0v) is 14.2. The number of nitro benzene ring substituents is 1. The minimum absolute atomic E-state index is 0.0720. The van der Waals surface area contributed by atoms with Crippen molar-refractivity contribution in [3.05, 3.63) is 74.3 Å². The summed E-state index contributed by atoms with van der Waals surface area (Å²) >= 11 is 3.11. The Bertz CT molecular complexity index is 846. The Morgan fingerprint density at radius 3 is 2.62 bits per heavy atom. The quantitative estimate of drug-likeness (QED) is 0.359. The highest BCUT2D eigenvalue weighted by Gasteiger charge is 2.11. The van der Waals surface area contributed by atoms with Crippen molar-refractivity contribution in [1.82, 2.24) is 0 Å². The number of benzene rings is 2. The zero-order valence-electron chi connectivity index (χ0n) is 12.7. The number of carbonyl (C=O) groups excluding carboxylic acids is 2. The van der Waals surface area contributed by atoms with E-state index < -0.39 is 4.92 Å². The fourth-order valence-electron chi connectivity index (χ4n) is 1.99. The minimum atomic E-state index is -0.500. The summed E-state index contributed by atoms with van der Waals surface area (Å²) < 4.78 is 0.374. The molecule has 0 aliphatic heterocycles. The molecule has 6 nitrogen and oxygen atoms in total. The van der Waals surface area contributed by atoms with Gasteiger partial charge in [-0.2, -0.15) is 0 Å². The van der Waals surface area contributed by atoms with Gasteiger partial charge in [0.1, 0.15) is 0 Å². The highest BCUT2D eigenvalue weighted by Crippen LogP contribution is 2.26. The van der Waals surface area contributed by atoms with Crippen LogP contribution in [0.3, 0.4) is 0 Å². The summed E-state index contributed by atoms with van der Waals surface area (Å²) in [5, 5.41) is 13.5. The average Bonchev–Trinajstić information content (AvgIpc) is 2.53. The lowest BCUT2D eigenvalue weighted by atomic mass is 10.1. The summed E-state index contributed by atoms with van der Waals surface area (Å²) in [4.78, 5) is 33.7. The van der Waals surface area contributed by atoms with Crippen molar-refractivity contribution < 1.29 is 14.5 Å². The number of nitrogens with one attached hydrogen (secondary N) is 1. The summed E-state index contributed by atoms with van der Waals surface area (Å²) in [6.07, 6.45) is 2.84. The van der Waals surface area contributed by atoms with Gasteiger partial charge in [-0.3, -0.25) is 19.7 Å². The number of rotatable bonds is 5. The standard InChI is InChI=1S/C17H13BrN2O4/c1-11(21)19-14-4-2-3-13(10-14)17(22)8-6-12-5-7-15(18)16(9-12)20(23)24/h2-10H,1H3,(H,19,21)/b8-6+. The van der Waals surface area contributed by atoms with E-state index in [2.05, 4.69) is 21.2 Å². The minimum Gasteiger partial charge on any atom is -0.326 e. The average molecular weight is 389 g/mol. The van der Waals surface area contributed by atoms with Crippen LogP contribution in [0.1, 0.15) is 22.8 Å². The predicted octanol–water partition coefficient (Wildman–Crippen LogP) is 4.21. The van der Waals surface area contributed by atoms with E-state index in [1.807, 2.05) is 0 Å². The van der Waals surface area contributed by atoms with Crippen molar-refractivity contribution in [3.8, 4) is 0 Å². The van der Waals surface area contributed by atoms with Crippen LogP contribution in [-0.2, 0) is 4.79 Å². The number of amides is 1. The molecule has 0 unspecified atom stereocenters. The van der Waals surface area contributed by atoms with Gasteiger partial charge in [0.05, 0.1) is 9.40 Å². The van der Waals surface area contributed by atoms with Crippen molar-refractivity contribution in [3.63, 3.8) is 0 Å². The number of carbonyl (C=O) groups is 2.